The molecule has 2 heterocycles. The van der Waals surface area contributed by atoms with Crippen molar-refractivity contribution >= 4 is 11.9 Å². The van der Waals surface area contributed by atoms with Gasteiger partial charge in [0, 0.05) is 17.5 Å². The Morgan fingerprint density at radius 2 is 2.30 bits per heavy atom. The van der Waals surface area contributed by atoms with Crippen LogP contribution in [-0.4, -0.2) is 4.98 Å². The number of hydrogen-bond acceptors (Lipinski definition) is 1. The SMILES string of the molecule is CC1=Cc2cccnc2[N]1. The van der Waals surface area contributed by atoms with Gasteiger partial charge in [-0.25, -0.2) is 10.3 Å². The van der Waals surface area contributed by atoms with Crippen molar-refractivity contribution in [2.24, 2.45) is 0 Å². The summed E-state index contributed by atoms with van der Waals surface area (Å²) in [5, 5.41) is 4.20. The van der Waals surface area contributed by atoms with Crippen LogP contribution in [0.1, 0.15) is 12.5 Å². The van der Waals surface area contributed by atoms with E-state index in [0.29, 0.717) is 0 Å². The molecule has 1 radical (unpaired) electrons. The molecule has 0 saturated carbocycles. The molecule has 0 aliphatic carbocycles. The molecule has 1 aromatic rings. The summed E-state index contributed by atoms with van der Waals surface area (Å²) < 4.78 is 0. The molecule has 0 fully saturated rings. The van der Waals surface area contributed by atoms with E-state index >= 15 is 0 Å². The van der Waals surface area contributed by atoms with E-state index in [9.17, 15) is 0 Å². The molecule has 10 heavy (non-hydrogen) atoms. The molecule has 0 spiro atoms. The van der Waals surface area contributed by atoms with Crippen LogP contribution in [0, 0.1) is 0 Å². The molecule has 1 aromatic heterocycles. The van der Waals surface area contributed by atoms with E-state index < -0.39 is 0 Å². The van der Waals surface area contributed by atoms with Gasteiger partial charge in [0.1, 0.15) is 0 Å². The third kappa shape index (κ3) is 0.692. The summed E-state index contributed by atoms with van der Waals surface area (Å²) in [4.78, 5) is 4.09. The minimum atomic E-state index is 0.847. The van der Waals surface area contributed by atoms with Crippen molar-refractivity contribution in [1.82, 2.24) is 10.3 Å². The Morgan fingerprint density at radius 1 is 1.40 bits per heavy atom. The molecular formula is C8H7N2. The highest BCUT2D eigenvalue weighted by atomic mass is 15.0. The second kappa shape index (κ2) is 1.84. The van der Waals surface area contributed by atoms with Crippen LogP contribution in [0.2, 0.25) is 0 Å². The van der Waals surface area contributed by atoms with E-state index in [2.05, 4.69) is 10.3 Å². The van der Waals surface area contributed by atoms with Crippen molar-refractivity contribution in [3.8, 4) is 0 Å². The van der Waals surface area contributed by atoms with Gasteiger partial charge in [-0.2, -0.15) is 0 Å². The molecule has 0 aromatic carbocycles. The molecule has 0 bridgehead atoms. The first-order chi connectivity index (χ1) is 4.86. The van der Waals surface area contributed by atoms with Gasteiger partial charge in [-0.1, -0.05) is 0 Å². The van der Waals surface area contributed by atoms with Crippen LogP contribution in [0.15, 0.2) is 24.0 Å². The average Bonchev–Trinajstić information content (AvgIpc) is 2.27. The predicted molar refractivity (Wildman–Crippen MR) is 39.7 cm³/mol. The third-order valence-corrected chi connectivity index (χ3v) is 1.46. The van der Waals surface area contributed by atoms with Crippen molar-refractivity contribution in [3.63, 3.8) is 0 Å². The fourth-order valence-corrected chi connectivity index (χ4v) is 1.04. The Kier molecular flexibility index (Phi) is 1.01. The number of nitrogens with zero attached hydrogens (tertiary/aromatic N) is 2. The maximum absolute atomic E-state index is 4.20. The van der Waals surface area contributed by atoms with Crippen LogP contribution in [0.3, 0.4) is 0 Å². The third-order valence-electron chi connectivity index (χ3n) is 1.46. The zero-order valence-electron chi connectivity index (χ0n) is 5.70. The van der Waals surface area contributed by atoms with Gasteiger partial charge >= 0.3 is 0 Å². The molecule has 0 unspecified atom stereocenters. The second-order valence-electron chi connectivity index (χ2n) is 2.31. The summed E-state index contributed by atoms with van der Waals surface area (Å²) in [6, 6.07) is 3.94. The Bertz CT molecular complexity index is 289. The molecule has 0 atom stereocenters. The van der Waals surface area contributed by atoms with Gasteiger partial charge in [0.15, 0.2) is 5.82 Å². The predicted octanol–water partition coefficient (Wildman–Crippen LogP) is 1.69. The molecule has 2 rings (SSSR count). The van der Waals surface area contributed by atoms with Crippen LogP contribution >= 0.6 is 0 Å². The summed E-state index contributed by atoms with van der Waals surface area (Å²) >= 11 is 0. The highest BCUT2D eigenvalue weighted by molar-refractivity contribution is 5.67. The van der Waals surface area contributed by atoms with E-state index in [-0.39, 0.29) is 0 Å². The van der Waals surface area contributed by atoms with Gasteiger partial charge in [0.2, 0.25) is 0 Å². The van der Waals surface area contributed by atoms with Gasteiger partial charge in [-0.15, -0.1) is 0 Å². The number of fused-ring (bicyclic) bond motifs is 1. The zero-order valence-corrected chi connectivity index (χ0v) is 5.70. The lowest BCUT2D eigenvalue weighted by Gasteiger charge is -1.92. The maximum Gasteiger partial charge on any atom is 0.159 e. The van der Waals surface area contributed by atoms with Crippen molar-refractivity contribution in [3.05, 3.63) is 29.6 Å². The van der Waals surface area contributed by atoms with E-state index in [1.54, 1.807) is 6.20 Å². The first kappa shape index (κ1) is 5.47. The molecular weight excluding hydrogens is 124 g/mol. The molecule has 1 aliphatic rings. The average molecular weight is 131 g/mol. The largest absolute Gasteiger partial charge is 0.237 e. The molecule has 0 N–H and O–H groups in total. The number of hydrogen-bond donors (Lipinski definition) is 0. The molecule has 0 saturated heterocycles. The highest BCUT2D eigenvalue weighted by Gasteiger charge is 2.09. The topological polar surface area (TPSA) is 27.0 Å². The van der Waals surface area contributed by atoms with E-state index in [0.717, 1.165) is 17.1 Å². The highest BCUT2D eigenvalue weighted by Crippen LogP contribution is 2.23. The first-order valence-corrected chi connectivity index (χ1v) is 3.21. The summed E-state index contributed by atoms with van der Waals surface area (Å²) in [6.45, 7) is 1.97. The molecule has 1 aliphatic heterocycles. The molecule has 2 nitrogen and oxygen atoms in total. The zero-order chi connectivity index (χ0) is 6.97. The Morgan fingerprint density at radius 3 is 3.10 bits per heavy atom. The molecule has 0 amide bonds. The number of aromatic nitrogens is 1. The minimum absolute atomic E-state index is 0.847. The van der Waals surface area contributed by atoms with Crippen molar-refractivity contribution < 1.29 is 0 Å². The van der Waals surface area contributed by atoms with Gasteiger partial charge in [0.05, 0.1) is 0 Å². The first-order valence-electron chi connectivity index (χ1n) is 3.21. The lowest BCUT2D eigenvalue weighted by molar-refractivity contribution is 1.04. The maximum atomic E-state index is 4.20. The number of pyridine rings is 1. The van der Waals surface area contributed by atoms with Gasteiger partial charge in [-0.3, -0.25) is 0 Å². The second-order valence-corrected chi connectivity index (χ2v) is 2.31. The lowest BCUT2D eigenvalue weighted by atomic mass is 10.3. The normalized spacial score (nSPS) is 13.9. The Labute approximate surface area is 59.6 Å². The summed E-state index contributed by atoms with van der Waals surface area (Å²) in [5.74, 6) is 0.847. The fraction of sp³-hybridized carbons (Fsp3) is 0.125. The van der Waals surface area contributed by atoms with Crippen LogP contribution < -0.4 is 5.32 Å². The standard InChI is InChI=1S/C8H7N2/c1-6-5-7-3-2-4-9-8(7)10-6/h2-5H,1H3. The lowest BCUT2D eigenvalue weighted by Crippen LogP contribution is -1.89. The van der Waals surface area contributed by atoms with Crippen molar-refractivity contribution in [1.29, 1.82) is 0 Å². The van der Waals surface area contributed by atoms with E-state index in [1.165, 1.54) is 0 Å². The monoisotopic (exact) mass is 131 g/mol. The summed E-state index contributed by atoms with van der Waals surface area (Å²) in [5.41, 5.74) is 2.16. The van der Waals surface area contributed by atoms with Crippen molar-refractivity contribution in [2.45, 2.75) is 6.92 Å². The molecule has 49 valence electrons. The quantitative estimate of drug-likeness (QED) is 0.526. The van der Waals surface area contributed by atoms with Crippen LogP contribution in [0.25, 0.3) is 6.08 Å². The smallest absolute Gasteiger partial charge is 0.159 e. The van der Waals surface area contributed by atoms with E-state index in [4.69, 9.17) is 0 Å². The van der Waals surface area contributed by atoms with Gasteiger partial charge in [0.25, 0.3) is 0 Å². The Hall–Kier alpha value is -1.31. The van der Waals surface area contributed by atoms with Crippen LogP contribution in [0.5, 0.6) is 0 Å². The van der Waals surface area contributed by atoms with Crippen molar-refractivity contribution in [2.75, 3.05) is 0 Å². The van der Waals surface area contributed by atoms with E-state index in [1.807, 2.05) is 25.1 Å². The Balaban J connectivity index is 2.54. The fourth-order valence-electron chi connectivity index (χ4n) is 1.04. The van der Waals surface area contributed by atoms with Gasteiger partial charge in [-0.05, 0) is 25.1 Å². The summed E-state index contributed by atoms with van der Waals surface area (Å²) in [7, 11) is 0. The minimum Gasteiger partial charge on any atom is -0.237 e. The molecule has 2 heteroatoms. The van der Waals surface area contributed by atoms with Crippen LogP contribution in [-0.2, 0) is 0 Å². The van der Waals surface area contributed by atoms with Gasteiger partial charge < -0.3 is 0 Å². The number of allylic oxidation sites excluding steroid dienone is 1. The summed E-state index contributed by atoms with van der Waals surface area (Å²) in [6.07, 6.45) is 3.79. The van der Waals surface area contributed by atoms with Crippen LogP contribution in [0.4, 0.5) is 5.82 Å². The number of rotatable bonds is 0.